The first kappa shape index (κ1) is 24.3. The van der Waals surface area contributed by atoms with Crippen LogP contribution in [0.3, 0.4) is 0 Å². The third kappa shape index (κ3) is 5.71. The summed E-state index contributed by atoms with van der Waals surface area (Å²) in [6.45, 7) is 1.65. The fourth-order valence-electron chi connectivity index (χ4n) is 3.41. The second-order valence-corrected chi connectivity index (χ2v) is 9.64. The molecule has 3 aromatic carbocycles. The van der Waals surface area contributed by atoms with Crippen molar-refractivity contribution < 1.29 is 22.7 Å². The zero-order chi connectivity index (χ0) is 24.0. The Balaban J connectivity index is 1.80. The van der Waals surface area contributed by atoms with E-state index in [1.807, 2.05) is 61.5 Å². The van der Waals surface area contributed by atoms with Crippen molar-refractivity contribution in [3.63, 3.8) is 0 Å². The van der Waals surface area contributed by atoms with Crippen molar-refractivity contribution in [2.24, 2.45) is 0 Å². The molecule has 0 heterocycles. The quantitative estimate of drug-likeness (QED) is 0.519. The number of likely N-dealkylation sites (N-methyl/N-ethyl adjacent to an activating group) is 1. The van der Waals surface area contributed by atoms with Crippen molar-refractivity contribution in [3.8, 4) is 11.5 Å². The Morgan fingerprint density at radius 1 is 0.909 bits per heavy atom. The van der Waals surface area contributed by atoms with Crippen LogP contribution in [0.25, 0.3) is 0 Å². The monoisotopic (exact) mass is 468 g/mol. The molecule has 174 valence electrons. The summed E-state index contributed by atoms with van der Waals surface area (Å²) in [5.74, 6) is 0.288. The standard InChI is InChI=1S/C25H28N2O5S/c1-18-10-12-20(13-11-18)25(19-8-6-5-7-9-19)26-24(28)17-27(2)33(29,30)21-14-15-22(31-3)23(16-21)32-4/h5-16,25H,17H2,1-4H3,(H,26,28)/t25-/m1/s1. The summed E-state index contributed by atoms with van der Waals surface area (Å²) in [5.41, 5.74) is 2.92. The van der Waals surface area contributed by atoms with Crippen LogP contribution in [0.15, 0.2) is 77.7 Å². The van der Waals surface area contributed by atoms with Crippen LogP contribution in [0.2, 0.25) is 0 Å². The number of ether oxygens (including phenoxy) is 2. The summed E-state index contributed by atoms with van der Waals surface area (Å²) >= 11 is 0. The van der Waals surface area contributed by atoms with E-state index in [4.69, 9.17) is 9.47 Å². The molecule has 0 aliphatic carbocycles. The van der Waals surface area contributed by atoms with E-state index in [1.54, 1.807) is 0 Å². The third-order valence-corrected chi connectivity index (χ3v) is 7.08. The second kappa shape index (κ2) is 10.5. The van der Waals surface area contributed by atoms with Gasteiger partial charge in [0.2, 0.25) is 15.9 Å². The molecule has 0 radical (unpaired) electrons. The Hall–Kier alpha value is -3.36. The molecule has 1 atom stereocenters. The van der Waals surface area contributed by atoms with Gasteiger partial charge in [0.25, 0.3) is 0 Å². The number of hydrogen-bond donors (Lipinski definition) is 1. The van der Waals surface area contributed by atoms with Gasteiger partial charge in [-0.05, 0) is 30.2 Å². The van der Waals surface area contributed by atoms with Crippen LogP contribution in [0.1, 0.15) is 22.7 Å². The van der Waals surface area contributed by atoms with Crippen LogP contribution >= 0.6 is 0 Å². The summed E-state index contributed by atoms with van der Waals surface area (Å²) in [5, 5.41) is 2.97. The Kier molecular flexibility index (Phi) is 7.73. The number of aryl methyl sites for hydroxylation is 1. The average molecular weight is 469 g/mol. The third-order valence-electron chi connectivity index (χ3n) is 5.28. The van der Waals surface area contributed by atoms with Gasteiger partial charge in [0.15, 0.2) is 11.5 Å². The minimum atomic E-state index is -3.93. The molecule has 1 N–H and O–H groups in total. The maximum atomic E-state index is 13.0. The van der Waals surface area contributed by atoms with Gasteiger partial charge < -0.3 is 14.8 Å². The van der Waals surface area contributed by atoms with Crippen molar-refractivity contribution in [3.05, 3.63) is 89.5 Å². The van der Waals surface area contributed by atoms with Gasteiger partial charge in [-0.1, -0.05) is 60.2 Å². The molecule has 7 nitrogen and oxygen atoms in total. The van der Waals surface area contributed by atoms with Crippen LogP contribution in [-0.2, 0) is 14.8 Å². The number of benzene rings is 3. The molecule has 0 aliphatic heterocycles. The normalized spacial score (nSPS) is 12.3. The van der Waals surface area contributed by atoms with E-state index in [1.165, 1.54) is 39.5 Å². The Bertz CT molecular complexity index is 1200. The Labute approximate surface area is 195 Å². The second-order valence-electron chi connectivity index (χ2n) is 7.60. The number of carbonyl (C=O) groups excluding carboxylic acids is 1. The van der Waals surface area contributed by atoms with Crippen LogP contribution in [0.5, 0.6) is 11.5 Å². The maximum absolute atomic E-state index is 13.0. The van der Waals surface area contributed by atoms with E-state index in [0.29, 0.717) is 11.5 Å². The smallest absolute Gasteiger partial charge is 0.243 e. The van der Waals surface area contributed by atoms with Crippen molar-refractivity contribution in [1.82, 2.24) is 9.62 Å². The van der Waals surface area contributed by atoms with E-state index < -0.39 is 22.0 Å². The number of nitrogens with zero attached hydrogens (tertiary/aromatic N) is 1. The largest absolute Gasteiger partial charge is 0.493 e. The Morgan fingerprint density at radius 3 is 2.12 bits per heavy atom. The van der Waals surface area contributed by atoms with Crippen molar-refractivity contribution in [2.75, 3.05) is 27.8 Å². The van der Waals surface area contributed by atoms with Crippen LogP contribution < -0.4 is 14.8 Å². The molecule has 0 spiro atoms. The van der Waals surface area contributed by atoms with E-state index in [-0.39, 0.29) is 11.4 Å². The number of rotatable bonds is 9. The maximum Gasteiger partial charge on any atom is 0.243 e. The summed E-state index contributed by atoms with van der Waals surface area (Å²) < 4.78 is 37.5. The number of nitrogens with one attached hydrogen (secondary N) is 1. The van der Waals surface area contributed by atoms with Gasteiger partial charge in [-0.25, -0.2) is 8.42 Å². The molecule has 33 heavy (non-hydrogen) atoms. The number of amides is 1. The molecule has 0 aromatic heterocycles. The van der Waals surface area contributed by atoms with Gasteiger partial charge in [0.05, 0.1) is 31.7 Å². The van der Waals surface area contributed by atoms with Crippen molar-refractivity contribution in [2.45, 2.75) is 17.9 Å². The number of hydrogen-bond acceptors (Lipinski definition) is 5. The van der Waals surface area contributed by atoms with Crippen LogP contribution in [0, 0.1) is 6.92 Å². The van der Waals surface area contributed by atoms with Gasteiger partial charge in [-0.2, -0.15) is 4.31 Å². The minimum absolute atomic E-state index is 0.00796. The van der Waals surface area contributed by atoms with Crippen molar-refractivity contribution >= 4 is 15.9 Å². The van der Waals surface area contributed by atoms with Crippen LogP contribution in [0.4, 0.5) is 0 Å². The fraction of sp³-hybridized carbons (Fsp3) is 0.240. The van der Waals surface area contributed by atoms with Crippen LogP contribution in [-0.4, -0.2) is 46.4 Å². The summed E-state index contributed by atoms with van der Waals surface area (Å²) in [4.78, 5) is 12.9. The molecule has 0 bridgehead atoms. The van der Waals surface area contributed by atoms with E-state index in [9.17, 15) is 13.2 Å². The minimum Gasteiger partial charge on any atom is -0.493 e. The molecular weight excluding hydrogens is 440 g/mol. The lowest BCUT2D eigenvalue weighted by molar-refractivity contribution is -0.121. The zero-order valence-corrected chi connectivity index (χ0v) is 19.9. The number of sulfonamides is 1. The van der Waals surface area contributed by atoms with Gasteiger partial charge in [-0.15, -0.1) is 0 Å². The molecule has 0 unspecified atom stereocenters. The SMILES string of the molecule is COc1ccc(S(=O)(=O)N(C)CC(=O)N[C@H](c2ccccc2)c2ccc(C)cc2)cc1OC. The summed E-state index contributed by atoms with van der Waals surface area (Å²) in [6.07, 6.45) is 0. The Morgan fingerprint density at radius 2 is 1.52 bits per heavy atom. The average Bonchev–Trinajstić information content (AvgIpc) is 2.83. The van der Waals surface area contributed by atoms with Gasteiger partial charge >= 0.3 is 0 Å². The molecule has 0 fully saturated rings. The highest BCUT2D eigenvalue weighted by molar-refractivity contribution is 7.89. The molecule has 1 amide bonds. The zero-order valence-electron chi connectivity index (χ0n) is 19.1. The van der Waals surface area contributed by atoms with E-state index >= 15 is 0 Å². The molecule has 3 rings (SSSR count). The number of methoxy groups -OCH3 is 2. The molecule has 0 aliphatic rings. The summed E-state index contributed by atoms with van der Waals surface area (Å²) in [7, 11) is 0.347. The van der Waals surface area contributed by atoms with E-state index in [0.717, 1.165) is 21.0 Å². The highest BCUT2D eigenvalue weighted by atomic mass is 32.2. The summed E-state index contributed by atoms with van der Waals surface area (Å²) in [6, 6.07) is 21.3. The first-order valence-corrected chi connectivity index (χ1v) is 11.8. The first-order valence-electron chi connectivity index (χ1n) is 10.4. The predicted molar refractivity (Wildman–Crippen MR) is 127 cm³/mol. The molecular formula is C25H28N2O5S. The fourth-order valence-corrected chi connectivity index (χ4v) is 4.56. The number of carbonyl (C=O) groups is 1. The molecule has 3 aromatic rings. The van der Waals surface area contributed by atoms with Gasteiger partial charge in [-0.3, -0.25) is 4.79 Å². The highest BCUT2D eigenvalue weighted by Crippen LogP contribution is 2.30. The lowest BCUT2D eigenvalue weighted by atomic mass is 9.98. The van der Waals surface area contributed by atoms with Gasteiger partial charge in [0, 0.05) is 13.1 Å². The predicted octanol–water partition coefficient (Wildman–Crippen LogP) is 3.54. The van der Waals surface area contributed by atoms with Gasteiger partial charge in [0.1, 0.15) is 0 Å². The lowest BCUT2D eigenvalue weighted by Gasteiger charge is -2.23. The molecule has 8 heteroatoms. The first-order chi connectivity index (χ1) is 15.8. The topological polar surface area (TPSA) is 84.9 Å². The van der Waals surface area contributed by atoms with E-state index in [2.05, 4.69) is 5.32 Å². The highest BCUT2D eigenvalue weighted by Gasteiger charge is 2.26. The van der Waals surface area contributed by atoms with Crippen molar-refractivity contribution in [1.29, 1.82) is 0 Å². The molecule has 0 saturated carbocycles. The lowest BCUT2D eigenvalue weighted by Crippen LogP contribution is -2.40. The molecule has 0 saturated heterocycles.